The van der Waals surface area contributed by atoms with Gasteiger partial charge in [0.25, 0.3) is 0 Å². The van der Waals surface area contributed by atoms with Crippen LogP contribution in [0.15, 0.2) is 24.3 Å². The van der Waals surface area contributed by atoms with Crippen molar-refractivity contribution < 1.29 is 24.5 Å². The van der Waals surface area contributed by atoms with Crippen molar-refractivity contribution in [1.29, 1.82) is 0 Å². The maximum Gasteiger partial charge on any atom is 0.335 e. The fraction of sp³-hybridized carbons (Fsp3) is 0.333. The van der Waals surface area contributed by atoms with Gasteiger partial charge in [-0.3, -0.25) is 0 Å². The maximum atomic E-state index is 11.2. The lowest BCUT2D eigenvalue weighted by Gasteiger charge is -2.11. The molecule has 2 N–H and O–H groups in total. The van der Waals surface area contributed by atoms with E-state index in [-0.39, 0.29) is 17.9 Å². The number of rotatable bonds is 6. The summed E-state index contributed by atoms with van der Waals surface area (Å²) in [5, 5.41) is 18.8. The minimum Gasteiger partial charge on any atom is -0.508 e. The second kappa shape index (κ2) is 6.75. The fourth-order valence-corrected chi connectivity index (χ4v) is 1.83. The van der Waals surface area contributed by atoms with Crippen molar-refractivity contribution in [1.82, 2.24) is 0 Å². The quantitative estimate of drug-likeness (QED) is 0.474. The van der Waals surface area contributed by atoms with Gasteiger partial charge in [0.2, 0.25) is 0 Å². The maximum absolute atomic E-state index is 11.2. The SMILES string of the molecule is C=C(C)C(=O)OCCCc1c(O)ccc(C(=O)O)c1C. The first-order valence-electron chi connectivity index (χ1n) is 6.22. The monoisotopic (exact) mass is 278 g/mol. The smallest absolute Gasteiger partial charge is 0.335 e. The molecule has 0 aliphatic heterocycles. The molecule has 1 rings (SSSR count). The van der Waals surface area contributed by atoms with E-state index in [4.69, 9.17) is 9.84 Å². The molecule has 0 fully saturated rings. The van der Waals surface area contributed by atoms with Crippen molar-refractivity contribution in [2.75, 3.05) is 6.61 Å². The molecular weight excluding hydrogens is 260 g/mol. The second-order valence-electron chi connectivity index (χ2n) is 4.56. The highest BCUT2D eigenvalue weighted by atomic mass is 16.5. The molecule has 5 nitrogen and oxygen atoms in total. The minimum atomic E-state index is -1.03. The lowest BCUT2D eigenvalue weighted by Crippen LogP contribution is -2.08. The number of carbonyl (C=O) groups is 2. The Balaban J connectivity index is 2.69. The highest BCUT2D eigenvalue weighted by Crippen LogP contribution is 2.25. The van der Waals surface area contributed by atoms with Crippen LogP contribution in [0.2, 0.25) is 0 Å². The lowest BCUT2D eigenvalue weighted by molar-refractivity contribution is -0.139. The zero-order valence-corrected chi connectivity index (χ0v) is 11.6. The van der Waals surface area contributed by atoms with Gasteiger partial charge in [0, 0.05) is 5.57 Å². The molecule has 0 spiro atoms. The molecule has 0 atom stereocenters. The van der Waals surface area contributed by atoms with Gasteiger partial charge in [-0.15, -0.1) is 0 Å². The van der Waals surface area contributed by atoms with Crippen LogP contribution in [0.1, 0.15) is 34.8 Å². The molecule has 20 heavy (non-hydrogen) atoms. The summed E-state index contributed by atoms with van der Waals surface area (Å²) < 4.78 is 4.95. The highest BCUT2D eigenvalue weighted by Gasteiger charge is 2.14. The molecular formula is C15H18O5. The van der Waals surface area contributed by atoms with E-state index in [1.54, 1.807) is 13.8 Å². The summed E-state index contributed by atoms with van der Waals surface area (Å²) in [4.78, 5) is 22.2. The van der Waals surface area contributed by atoms with Gasteiger partial charge in [0.15, 0.2) is 0 Å². The fourth-order valence-electron chi connectivity index (χ4n) is 1.83. The molecule has 0 unspecified atom stereocenters. The number of carboxylic acid groups (broad SMARTS) is 1. The van der Waals surface area contributed by atoms with Crippen molar-refractivity contribution >= 4 is 11.9 Å². The molecule has 5 heteroatoms. The molecule has 0 saturated carbocycles. The Labute approximate surface area is 117 Å². The van der Waals surface area contributed by atoms with Crippen LogP contribution in [0.4, 0.5) is 0 Å². The number of ether oxygens (including phenoxy) is 1. The van der Waals surface area contributed by atoms with Crippen molar-refractivity contribution in [2.45, 2.75) is 26.7 Å². The average molecular weight is 278 g/mol. The van der Waals surface area contributed by atoms with E-state index < -0.39 is 11.9 Å². The van der Waals surface area contributed by atoms with Crippen LogP contribution < -0.4 is 0 Å². The zero-order chi connectivity index (χ0) is 15.3. The first-order chi connectivity index (χ1) is 9.34. The summed E-state index contributed by atoms with van der Waals surface area (Å²) in [6, 6.07) is 2.74. The molecule has 0 radical (unpaired) electrons. The van der Waals surface area contributed by atoms with Gasteiger partial charge in [-0.25, -0.2) is 9.59 Å². The van der Waals surface area contributed by atoms with Gasteiger partial charge in [-0.1, -0.05) is 6.58 Å². The largest absolute Gasteiger partial charge is 0.508 e. The van der Waals surface area contributed by atoms with Crippen LogP contribution in [0, 0.1) is 6.92 Å². The number of esters is 1. The Morgan fingerprint density at radius 1 is 1.35 bits per heavy atom. The number of carboxylic acids is 1. The van der Waals surface area contributed by atoms with Gasteiger partial charge < -0.3 is 14.9 Å². The van der Waals surface area contributed by atoms with E-state index in [1.165, 1.54) is 12.1 Å². The van der Waals surface area contributed by atoms with Gasteiger partial charge >= 0.3 is 11.9 Å². The van der Waals surface area contributed by atoms with Crippen LogP contribution >= 0.6 is 0 Å². The average Bonchev–Trinajstić information content (AvgIpc) is 2.36. The highest BCUT2D eigenvalue weighted by molar-refractivity contribution is 5.90. The molecule has 1 aromatic rings. The Bertz CT molecular complexity index is 545. The van der Waals surface area contributed by atoms with Crippen LogP contribution in [-0.4, -0.2) is 28.8 Å². The van der Waals surface area contributed by atoms with E-state index in [2.05, 4.69) is 6.58 Å². The molecule has 0 bridgehead atoms. The van der Waals surface area contributed by atoms with E-state index in [9.17, 15) is 14.7 Å². The van der Waals surface area contributed by atoms with Crippen molar-refractivity contribution in [2.24, 2.45) is 0 Å². The van der Waals surface area contributed by atoms with Crippen LogP contribution in [0.3, 0.4) is 0 Å². The number of phenolic OH excluding ortho intramolecular Hbond substituents is 1. The predicted molar refractivity (Wildman–Crippen MR) is 73.9 cm³/mol. The number of aromatic carboxylic acids is 1. The summed E-state index contributed by atoms with van der Waals surface area (Å²) in [6.07, 6.45) is 0.929. The third kappa shape index (κ3) is 3.85. The Morgan fingerprint density at radius 3 is 2.55 bits per heavy atom. The summed E-state index contributed by atoms with van der Waals surface area (Å²) in [5.74, 6) is -1.43. The molecule has 0 saturated heterocycles. The Kier molecular flexibility index (Phi) is 5.32. The second-order valence-corrected chi connectivity index (χ2v) is 4.56. The molecule has 0 aliphatic rings. The van der Waals surface area contributed by atoms with Crippen LogP contribution in [-0.2, 0) is 16.0 Å². The zero-order valence-electron chi connectivity index (χ0n) is 11.6. The van der Waals surface area contributed by atoms with Gasteiger partial charge in [-0.05, 0) is 49.9 Å². The topological polar surface area (TPSA) is 83.8 Å². The number of carbonyl (C=O) groups excluding carboxylic acids is 1. The Morgan fingerprint density at radius 2 is 2.00 bits per heavy atom. The van der Waals surface area contributed by atoms with Crippen LogP contribution in [0.5, 0.6) is 5.75 Å². The number of hydrogen-bond acceptors (Lipinski definition) is 4. The van der Waals surface area contributed by atoms with E-state index >= 15 is 0 Å². The number of phenols is 1. The number of benzene rings is 1. The first kappa shape index (κ1) is 15.8. The standard InChI is InChI=1S/C15H18O5/c1-9(2)15(19)20-8-4-5-11-10(3)12(14(17)18)6-7-13(11)16/h6-7,16H,1,4-5,8H2,2-3H3,(H,17,18). The first-order valence-corrected chi connectivity index (χ1v) is 6.22. The minimum absolute atomic E-state index is 0.0544. The normalized spacial score (nSPS) is 10.1. The van der Waals surface area contributed by atoms with Gasteiger partial charge in [0.1, 0.15) is 5.75 Å². The van der Waals surface area contributed by atoms with E-state index in [0.717, 1.165) is 0 Å². The van der Waals surface area contributed by atoms with Gasteiger partial charge in [0.05, 0.1) is 12.2 Å². The summed E-state index contributed by atoms with van der Waals surface area (Å²) in [7, 11) is 0. The summed E-state index contributed by atoms with van der Waals surface area (Å²) >= 11 is 0. The molecule has 0 amide bonds. The number of aromatic hydroxyl groups is 1. The van der Waals surface area contributed by atoms with Crippen molar-refractivity contribution in [3.05, 3.63) is 41.0 Å². The molecule has 0 aromatic heterocycles. The Hall–Kier alpha value is -2.30. The predicted octanol–water partition coefficient (Wildman–Crippen LogP) is 2.45. The molecule has 0 aliphatic carbocycles. The third-order valence-corrected chi connectivity index (χ3v) is 2.96. The van der Waals surface area contributed by atoms with E-state index in [1.807, 2.05) is 0 Å². The molecule has 1 aromatic carbocycles. The molecule has 0 heterocycles. The van der Waals surface area contributed by atoms with Crippen LogP contribution in [0.25, 0.3) is 0 Å². The van der Waals surface area contributed by atoms with Gasteiger partial charge in [-0.2, -0.15) is 0 Å². The third-order valence-electron chi connectivity index (χ3n) is 2.96. The summed E-state index contributed by atoms with van der Waals surface area (Å²) in [6.45, 7) is 6.88. The van der Waals surface area contributed by atoms with Crippen molar-refractivity contribution in [3.63, 3.8) is 0 Å². The summed E-state index contributed by atoms with van der Waals surface area (Å²) in [5.41, 5.74) is 1.59. The van der Waals surface area contributed by atoms with Crippen molar-refractivity contribution in [3.8, 4) is 5.75 Å². The lowest BCUT2D eigenvalue weighted by atomic mass is 9.98. The number of hydrogen-bond donors (Lipinski definition) is 2. The van der Waals surface area contributed by atoms with E-state index in [0.29, 0.717) is 29.5 Å². The molecule has 108 valence electrons.